The number of nitrogens with zero attached hydrogens (tertiary/aromatic N) is 2. The van der Waals surface area contributed by atoms with Crippen molar-refractivity contribution in [1.82, 2.24) is 15.3 Å². The van der Waals surface area contributed by atoms with Gasteiger partial charge in [-0.1, -0.05) is 17.9 Å². The number of amides is 1. The molecule has 1 amide bonds. The molecule has 1 aromatic carbocycles. The van der Waals surface area contributed by atoms with E-state index in [-0.39, 0.29) is 6.09 Å². The molecule has 140 valence electrons. The summed E-state index contributed by atoms with van der Waals surface area (Å²) in [4.78, 5) is 19.7. The van der Waals surface area contributed by atoms with Gasteiger partial charge in [-0.3, -0.25) is 0 Å². The molecule has 26 heavy (non-hydrogen) atoms. The lowest BCUT2D eigenvalue weighted by Gasteiger charge is -2.19. The topological polar surface area (TPSA) is 90.1 Å². The van der Waals surface area contributed by atoms with Gasteiger partial charge in [0.05, 0.1) is 5.52 Å². The second-order valence-corrected chi connectivity index (χ2v) is 6.48. The van der Waals surface area contributed by atoms with Gasteiger partial charge in [-0.2, -0.15) is 0 Å². The van der Waals surface area contributed by atoms with Crippen molar-refractivity contribution in [3.63, 3.8) is 0 Å². The van der Waals surface area contributed by atoms with Gasteiger partial charge in [0.15, 0.2) is 0 Å². The minimum Gasteiger partial charge on any atom is -0.444 e. The largest absolute Gasteiger partial charge is 0.444 e. The zero-order chi connectivity index (χ0) is 19.4. The van der Waals surface area contributed by atoms with Gasteiger partial charge in [-0.25, -0.2) is 14.8 Å². The Morgan fingerprint density at radius 1 is 1.27 bits per heavy atom. The first-order valence-electron chi connectivity index (χ1n) is 8.67. The van der Waals surface area contributed by atoms with E-state index < -0.39 is 5.60 Å². The molecule has 0 aliphatic heterocycles. The predicted octanol–water partition coefficient (Wildman–Crippen LogP) is 3.25. The fraction of sp³-hybridized carbons (Fsp3) is 0.450. The summed E-state index contributed by atoms with van der Waals surface area (Å²) in [6.45, 7) is 6.15. The number of alkyl carbamates (subject to hydrolysis) is 1. The van der Waals surface area contributed by atoms with E-state index in [9.17, 15) is 4.79 Å². The Morgan fingerprint density at radius 2 is 2.04 bits per heavy atom. The molecule has 0 fully saturated rings. The summed E-state index contributed by atoms with van der Waals surface area (Å²) in [6, 6.07) is 5.92. The first kappa shape index (κ1) is 21.4. The number of unbranched alkanes of at least 4 members (excludes halogenated alkanes) is 2. The summed E-state index contributed by atoms with van der Waals surface area (Å²) >= 11 is 0. The minimum atomic E-state index is -0.458. The maximum Gasteiger partial charge on any atom is 0.407 e. The maximum absolute atomic E-state index is 11.5. The molecule has 2 aromatic rings. The third-order valence-electron chi connectivity index (χ3n) is 3.14. The van der Waals surface area contributed by atoms with Gasteiger partial charge in [-0.05, 0) is 52.8 Å². The fourth-order valence-corrected chi connectivity index (χ4v) is 2.06. The highest BCUT2D eigenvalue weighted by Gasteiger charge is 2.15. The van der Waals surface area contributed by atoms with Crippen molar-refractivity contribution in [2.75, 3.05) is 13.6 Å². The average Bonchev–Trinajstić information content (AvgIpc) is 2.61. The van der Waals surface area contributed by atoms with E-state index in [1.807, 2.05) is 39.0 Å². The van der Waals surface area contributed by atoms with Crippen molar-refractivity contribution in [3.05, 3.63) is 36.3 Å². The van der Waals surface area contributed by atoms with Gasteiger partial charge >= 0.3 is 6.09 Å². The molecule has 1 aromatic heterocycles. The number of ether oxygens (including phenoxy) is 1. The monoisotopic (exact) mass is 356 g/mol. The zero-order valence-corrected chi connectivity index (χ0v) is 16.0. The summed E-state index contributed by atoms with van der Waals surface area (Å²) in [5.74, 6) is 6.30. The van der Waals surface area contributed by atoms with Crippen molar-refractivity contribution in [2.24, 2.45) is 5.73 Å². The van der Waals surface area contributed by atoms with Gasteiger partial charge in [-0.15, -0.1) is 0 Å². The van der Waals surface area contributed by atoms with E-state index in [4.69, 9.17) is 4.74 Å². The Kier molecular flexibility index (Phi) is 9.10. The van der Waals surface area contributed by atoms with E-state index in [2.05, 4.69) is 32.9 Å². The van der Waals surface area contributed by atoms with Gasteiger partial charge < -0.3 is 15.8 Å². The van der Waals surface area contributed by atoms with Crippen molar-refractivity contribution < 1.29 is 9.53 Å². The third-order valence-corrected chi connectivity index (χ3v) is 3.14. The lowest BCUT2D eigenvalue weighted by Crippen LogP contribution is -2.32. The third kappa shape index (κ3) is 8.45. The van der Waals surface area contributed by atoms with Crippen LogP contribution in [0.1, 0.15) is 45.6 Å². The van der Waals surface area contributed by atoms with Crippen LogP contribution in [0.4, 0.5) is 4.79 Å². The van der Waals surface area contributed by atoms with Crippen LogP contribution in [0.5, 0.6) is 0 Å². The minimum absolute atomic E-state index is 0.369. The second-order valence-electron chi connectivity index (χ2n) is 6.48. The summed E-state index contributed by atoms with van der Waals surface area (Å²) in [5.41, 5.74) is 5.90. The van der Waals surface area contributed by atoms with E-state index >= 15 is 0 Å². The molecule has 0 bridgehead atoms. The van der Waals surface area contributed by atoms with E-state index in [1.54, 1.807) is 6.20 Å². The van der Waals surface area contributed by atoms with E-state index in [0.29, 0.717) is 6.54 Å². The molecule has 0 saturated heterocycles. The standard InChI is InChI=1S/C19H23N3O2.CH5N/c1-19(2,3)24-18(23)21-11-7-5-4-6-8-15-9-10-16-13-20-14-22-17(16)12-15;1-2/h9-10,12-14H,4-5,7,11H2,1-3H3,(H,21,23);2H2,1H3. The zero-order valence-electron chi connectivity index (χ0n) is 16.0. The van der Waals surface area contributed by atoms with E-state index in [0.717, 1.165) is 35.7 Å². The normalized spacial score (nSPS) is 10.2. The number of hydrogen-bond acceptors (Lipinski definition) is 5. The number of carbonyl (C=O) groups excluding carboxylic acids is 1. The first-order valence-corrected chi connectivity index (χ1v) is 8.67. The summed E-state index contributed by atoms with van der Waals surface area (Å²) in [6.07, 6.45) is 5.55. The van der Waals surface area contributed by atoms with Crippen LogP contribution in [0.25, 0.3) is 10.9 Å². The average molecular weight is 356 g/mol. The number of nitrogens with one attached hydrogen (secondary N) is 1. The van der Waals surface area contributed by atoms with E-state index in [1.165, 1.54) is 13.4 Å². The Balaban J connectivity index is 0.00000163. The Hall–Kier alpha value is -2.65. The molecule has 0 radical (unpaired) electrons. The second kappa shape index (κ2) is 11.1. The van der Waals surface area contributed by atoms with Gasteiger partial charge in [0.2, 0.25) is 0 Å². The molecular formula is C20H28N4O2. The number of rotatable bonds is 4. The van der Waals surface area contributed by atoms with Crippen LogP contribution in [-0.2, 0) is 4.74 Å². The van der Waals surface area contributed by atoms with Crippen LogP contribution in [0.3, 0.4) is 0 Å². The van der Waals surface area contributed by atoms with Gasteiger partial charge in [0, 0.05) is 30.1 Å². The van der Waals surface area contributed by atoms with Crippen molar-refractivity contribution in [1.29, 1.82) is 0 Å². The van der Waals surface area contributed by atoms with Gasteiger partial charge in [0.25, 0.3) is 0 Å². The molecule has 0 aliphatic carbocycles. The predicted molar refractivity (Wildman–Crippen MR) is 105 cm³/mol. The molecule has 6 heteroatoms. The fourth-order valence-electron chi connectivity index (χ4n) is 2.06. The van der Waals surface area contributed by atoms with Crippen LogP contribution in [0.15, 0.2) is 30.7 Å². The quantitative estimate of drug-likeness (QED) is 0.648. The highest BCUT2D eigenvalue weighted by molar-refractivity contribution is 5.78. The molecule has 0 spiro atoms. The number of benzene rings is 1. The number of hydrogen-bond donors (Lipinski definition) is 2. The Morgan fingerprint density at radius 3 is 2.77 bits per heavy atom. The molecule has 6 nitrogen and oxygen atoms in total. The van der Waals surface area contributed by atoms with Crippen molar-refractivity contribution in [3.8, 4) is 11.8 Å². The lowest BCUT2D eigenvalue weighted by atomic mass is 10.1. The number of aromatic nitrogens is 2. The van der Waals surface area contributed by atoms with Crippen LogP contribution in [0, 0.1) is 11.8 Å². The van der Waals surface area contributed by atoms with Crippen LogP contribution < -0.4 is 11.1 Å². The molecule has 0 saturated carbocycles. The van der Waals surface area contributed by atoms with Crippen molar-refractivity contribution >= 4 is 17.0 Å². The Labute approximate surface area is 155 Å². The maximum atomic E-state index is 11.5. The number of nitrogens with two attached hydrogens (primary N) is 1. The molecule has 1 heterocycles. The first-order chi connectivity index (χ1) is 12.4. The smallest absolute Gasteiger partial charge is 0.407 e. The molecule has 0 unspecified atom stereocenters. The SMILES string of the molecule is CC(C)(C)OC(=O)NCCCCC#Cc1ccc2cncnc2c1.CN. The van der Waals surface area contributed by atoms with Crippen LogP contribution in [0.2, 0.25) is 0 Å². The number of carbonyl (C=O) groups is 1. The summed E-state index contributed by atoms with van der Waals surface area (Å²) in [5, 5.41) is 3.75. The molecule has 0 atom stereocenters. The van der Waals surface area contributed by atoms with Crippen LogP contribution in [-0.4, -0.2) is 35.3 Å². The molecular weight excluding hydrogens is 328 g/mol. The number of fused-ring (bicyclic) bond motifs is 1. The van der Waals surface area contributed by atoms with Crippen molar-refractivity contribution in [2.45, 2.75) is 45.6 Å². The van der Waals surface area contributed by atoms with Gasteiger partial charge in [0.1, 0.15) is 11.9 Å². The molecule has 3 N–H and O–H groups in total. The highest BCUT2D eigenvalue weighted by Crippen LogP contribution is 2.11. The highest BCUT2D eigenvalue weighted by atomic mass is 16.6. The Bertz CT molecular complexity index is 757. The lowest BCUT2D eigenvalue weighted by molar-refractivity contribution is 0.0527. The molecule has 2 rings (SSSR count). The van der Waals surface area contributed by atoms with Crippen LogP contribution >= 0.6 is 0 Å². The molecule has 0 aliphatic rings. The summed E-state index contributed by atoms with van der Waals surface area (Å²) < 4.78 is 5.17. The summed E-state index contributed by atoms with van der Waals surface area (Å²) in [7, 11) is 1.50.